The molecule has 0 spiro atoms. The van der Waals surface area contributed by atoms with Crippen LogP contribution in [0.4, 0.5) is 4.39 Å². The van der Waals surface area contributed by atoms with Gasteiger partial charge in [-0.2, -0.15) is 4.31 Å². The van der Waals surface area contributed by atoms with Crippen LogP contribution in [0.15, 0.2) is 35.7 Å². The summed E-state index contributed by atoms with van der Waals surface area (Å²) in [5.74, 6) is -0.840. The molecule has 0 aromatic heterocycles. The van der Waals surface area contributed by atoms with E-state index < -0.39 is 20.7 Å². The molecule has 4 nitrogen and oxygen atoms in total. The summed E-state index contributed by atoms with van der Waals surface area (Å²) in [4.78, 5) is -0.467. The standard InChI is InChI=1S/C13H15ClFNO3S/c1-2-8-19-10-6-7-16(9-10)20(17,18)13-11(14)4-3-5-12(13)15/h2-5,10H,1,6-9H2/t10-/m1/s1. The fraction of sp³-hybridized carbons (Fsp3) is 0.385. The van der Waals surface area contributed by atoms with E-state index in [1.807, 2.05) is 0 Å². The van der Waals surface area contributed by atoms with Crippen LogP contribution in [-0.2, 0) is 14.8 Å². The van der Waals surface area contributed by atoms with Gasteiger partial charge in [-0.15, -0.1) is 6.58 Å². The number of rotatable bonds is 5. The quantitative estimate of drug-likeness (QED) is 0.783. The summed E-state index contributed by atoms with van der Waals surface area (Å²) in [5.41, 5.74) is 0. The topological polar surface area (TPSA) is 46.6 Å². The Balaban J connectivity index is 2.22. The van der Waals surface area contributed by atoms with Crippen LogP contribution in [-0.4, -0.2) is 38.5 Å². The molecule has 0 amide bonds. The molecule has 1 aliphatic heterocycles. The largest absolute Gasteiger partial charge is 0.373 e. The minimum Gasteiger partial charge on any atom is -0.373 e. The number of hydrogen-bond acceptors (Lipinski definition) is 3. The maximum atomic E-state index is 13.8. The Kier molecular flexibility index (Phi) is 4.80. The van der Waals surface area contributed by atoms with Crippen molar-refractivity contribution in [3.8, 4) is 0 Å². The van der Waals surface area contributed by atoms with Crippen molar-refractivity contribution in [2.45, 2.75) is 17.4 Å². The molecule has 0 unspecified atom stereocenters. The average Bonchev–Trinajstić information content (AvgIpc) is 2.85. The van der Waals surface area contributed by atoms with Crippen molar-refractivity contribution < 1.29 is 17.5 Å². The molecule has 0 N–H and O–H groups in total. The lowest BCUT2D eigenvalue weighted by Gasteiger charge is -2.17. The van der Waals surface area contributed by atoms with Gasteiger partial charge in [-0.05, 0) is 18.6 Å². The summed E-state index contributed by atoms with van der Waals surface area (Å²) < 4.78 is 45.2. The van der Waals surface area contributed by atoms with E-state index in [1.165, 1.54) is 16.4 Å². The highest BCUT2D eigenvalue weighted by molar-refractivity contribution is 7.89. The normalized spacial score (nSPS) is 20.2. The van der Waals surface area contributed by atoms with Crippen LogP contribution in [0.3, 0.4) is 0 Å². The van der Waals surface area contributed by atoms with Crippen LogP contribution < -0.4 is 0 Å². The molecule has 110 valence electrons. The molecule has 20 heavy (non-hydrogen) atoms. The Morgan fingerprint density at radius 3 is 2.95 bits per heavy atom. The van der Waals surface area contributed by atoms with Gasteiger partial charge in [0, 0.05) is 13.1 Å². The first-order valence-electron chi connectivity index (χ1n) is 6.13. The van der Waals surface area contributed by atoms with Crippen LogP contribution in [0, 0.1) is 5.82 Å². The SMILES string of the molecule is C=CCO[C@@H]1CCN(S(=O)(=O)c2c(F)cccc2Cl)C1. The van der Waals surface area contributed by atoms with Crippen molar-refractivity contribution in [3.63, 3.8) is 0 Å². The van der Waals surface area contributed by atoms with Crippen molar-refractivity contribution >= 4 is 21.6 Å². The summed E-state index contributed by atoms with van der Waals surface area (Å²) in [5, 5.41) is -0.111. The first-order valence-corrected chi connectivity index (χ1v) is 7.95. The first kappa shape index (κ1) is 15.4. The van der Waals surface area contributed by atoms with Gasteiger partial charge >= 0.3 is 0 Å². The van der Waals surface area contributed by atoms with E-state index in [2.05, 4.69) is 6.58 Å². The van der Waals surface area contributed by atoms with E-state index in [0.717, 1.165) is 6.07 Å². The maximum Gasteiger partial charge on any atom is 0.247 e. The van der Waals surface area contributed by atoms with E-state index >= 15 is 0 Å². The van der Waals surface area contributed by atoms with Gasteiger partial charge in [-0.3, -0.25) is 0 Å². The molecule has 0 radical (unpaired) electrons. The van der Waals surface area contributed by atoms with Crippen LogP contribution in [0.2, 0.25) is 5.02 Å². The molecule has 7 heteroatoms. The Bertz CT molecular complexity index is 585. The lowest BCUT2D eigenvalue weighted by molar-refractivity contribution is 0.0856. The molecule has 1 atom stereocenters. The molecule has 0 aliphatic carbocycles. The number of sulfonamides is 1. The van der Waals surface area contributed by atoms with Crippen molar-refractivity contribution in [3.05, 3.63) is 41.7 Å². The number of hydrogen-bond donors (Lipinski definition) is 0. The second-order valence-corrected chi connectivity index (χ2v) is 6.73. The predicted molar refractivity (Wildman–Crippen MR) is 74.7 cm³/mol. The fourth-order valence-corrected chi connectivity index (χ4v) is 4.17. The summed E-state index contributed by atoms with van der Waals surface area (Å²) in [6, 6.07) is 3.82. The zero-order valence-corrected chi connectivity index (χ0v) is 12.3. The summed E-state index contributed by atoms with van der Waals surface area (Å²) >= 11 is 5.82. The number of halogens is 2. The van der Waals surface area contributed by atoms with Gasteiger partial charge in [0.25, 0.3) is 0 Å². The van der Waals surface area contributed by atoms with Crippen molar-refractivity contribution in [2.24, 2.45) is 0 Å². The zero-order chi connectivity index (χ0) is 14.8. The molecule has 1 aromatic rings. The van der Waals surface area contributed by atoms with E-state index in [0.29, 0.717) is 13.0 Å². The maximum absolute atomic E-state index is 13.8. The van der Waals surface area contributed by atoms with Crippen LogP contribution in [0.1, 0.15) is 6.42 Å². The highest BCUT2D eigenvalue weighted by Crippen LogP contribution is 2.29. The number of ether oxygens (including phenoxy) is 1. The van der Waals surface area contributed by atoms with Crippen molar-refractivity contribution in [1.82, 2.24) is 4.31 Å². The van der Waals surface area contributed by atoms with Gasteiger partial charge < -0.3 is 4.74 Å². The van der Waals surface area contributed by atoms with Gasteiger partial charge in [0.05, 0.1) is 17.7 Å². The van der Waals surface area contributed by atoms with Crippen molar-refractivity contribution in [1.29, 1.82) is 0 Å². The molecule has 1 aliphatic rings. The van der Waals surface area contributed by atoms with Crippen LogP contribution in [0.5, 0.6) is 0 Å². The third-order valence-corrected chi connectivity index (χ3v) is 5.44. The highest BCUT2D eigenvalue weighted by atomic mass is 35.5. The Labute approximate surface area is 122 Å². The zero-order valence-electron chi connectivity index (χ0n) is 10.8. The second kappa shape index (κ2) is 6.22. The van der Waals surface area contributed by atoms with Gasteiger partial charge in [0.1, 0.15) is 10.7 Å². The molecule has 2 rings (SSSR count). The second-order valence-electron chi connectivity index (χ2n) is 4.45. The molecule has 1 heterocycles. The monoisotopic (exact) mass is 319 g/mol. The lowest BCUT2D eigenvalue weighted by atomic mass is 10.3. The summed E-state index contributed by atoms with van der Waals surface area (Å²) in [7, 11) is -3.94. The van der Waals surface area contributed by atoms with Gasteiger partial charge in [0.2, 0.25) is 10.0 Å². The number of nitrogens with zero attached hydrogens (tertiary/aromatic N) is 1. The summed E-state index contributed by atoms with van der Waals surface area (Å²) in [6.45, 7) is 4.38. The van der Waals surface area contributed by atoms with Gasteiger partial charge in [-0.25, -0.2) is 12.8 Å². The van der Waals surface area contributed by atoms with Gasteiger partial charge in [0.15, 0.2) is 0 Å². The van der Waals surface area contributed by atoms with E-state index in [1.54, 1.807) is 6.08 Å². The lowest BCUT2D eigenvalue weighted by Crippen LogP contribution is -2.31. The average molecular weight is 320 g/mol. The van der Waals surface area contributed by atoms with Crippen LogP contribution in [0.25, 0.3) is 0 Å². The molecule has 1 aromatic carbocycles. The first-order chi connectivity index (χ1) is 9.46. The fourth-order valence-electron chi connectivity index (χ4n) is 2.11. The van der Waals surface area contributed by atoms with E-state index in [-0.39, 0.29) is 24.2 Å². The smallest absolute Gasteiger partial charge is 0.247 e. The minimum atomic E-state index is -3.94. The molecule has 0 bridgehead atoms. The Hall–Kier alpha value is -0.950. The summed E-state index contributed by atoms with van der Waals surface area (Å²) in [6.07, 6.45) is 1.97. The Morgan fingerprint density at radius 1 is 1.55 bits per heavy atom. The molecule has 1 fully saturated rings. The van der Waals surface area contributed by atoms with Crippen LogP contribution >= 0.6 is 11.6 Å². The minimum absolute atomic E-state index is 0.111. The van der Waals surface area contributed by atoms with E-state index in [4.69, 9.17) is 16.3 Å². The highest BCUT2D eigenvalue weighted by Gasteiger charge is 2.35. The van der Waals surface area contributed by atoms with E-state index in [9.17, 15) is 12.8 Å². The third-order valence-electron chi connectivity index (χ3n) is 3.07. The third kappa shape index (κ3) is 3.03. The number of benzene rings is 1. The van der Waals surface area contributed by atoms with Crippen molar-refractivity contribution in [2.75, 3.05) is 19.7 Å². The molecular formula is C13H15ClFNO3S. The predicted octanol–water partition coefficient (Wildman–Crippen LogP) is 2.44. The Morgan fingerprint density at radius 2 is 2.30 bits per heavy atom. The van der Waals surface area contributed by atoms with Gasteiger partial charge in [-0.1, -0.05) is 23.7 Å². The molecule has 0 saturated carbocycles. The molecular weight excluding hydrogens is 305 g/mol. The molecule has 1 saturated heterocycles.